The van der Waals surface area contributed by atoms with Crippen molar-refractivity contribution >= 4 is 6.09 Å². The summed E-state index contributed by atoms with van der Waals surface area (Å²) < 4.78 is 0. The first-order valence-electron chi connectivity index (χ1n) is 8.95. The van der Waals surface area contributed by atoms with E-state index in [1.807, 2.05) is 0 Å². The number of hydrogen-bond donors (Lipinski definition) is 2. The predicted molar refractivity (Wildman–Crippen MR) is 91.6 cm³/mol. The van der Waals surface area contributed by atoms with Crippen LogP contribution in [0.3, 0.4) is 0 Å². The van der Waals surface area contributed by atoms with E-state index < -0.39 is 6.09 Å². The average molecular weight is 316 g/mol. The minimum Gasteiger partial charge on any atom is -0.465 e. The van der Waals surface area contributed by atoms with Gasteiger partial charge >= 0.3 is 6.09 Å². The minimum atomic E-state index is -0.877. The molecule has 0 aromatic heterocycles. The molecule has 2 fully saturated rings. The molecule has 23 heavy (non-hydrogen) atoms. The molecule has 0 unspecified atom stereocenters. The average Bonchev–Trinajstić information content (AvgIpc) is 2.96. The van der Waals surface area contributed by atoms with E-state index in [-0.39, 0.29) is 6.04 Å². The van der Waals surface area contributed by atoms with Gasteiger partial charge in [0.2, 0.25) is 0 Å². The summed E-state index contributed by atoms with van der Waals surface area (Å²) in [4.78, 5) is 13.3. The molecule has 4 nitrogen and oxygen atoms in total. The lowest BCUT2D eigenvalue weighted by molar-refractivity contribution is 0.159. The van der Waals surface area contributed by atoms with Crippen molar-refractivity contribution in [2.75, 3.05) is 19.6 Å². The maximum Gasteiger partial charge on any atom is 0.404 e. The number of nitrogens with one attached hydrogen (secondary N) is 1. The molecule has 1 saturated carbocycles. The summed E-state index contributed by atoms with van der Waals surface area (Å²) in [6.07, 6.45) is 6.09. The Kier molecular flexibility index (Phi) is 5.55. The van der Waals surface area contributed by atoms with E-state index in [9.17, 15) is 4.79 Å². The largest absolute Gasteiger partial charge is 0.465 e. The van der Waals surface area contributed by atoms with Crippen LogP contribution in [0.1, 0.15) is 37.7 Å². The lowest BCUT2D eigenvalue weighted by Gasteiger charge is -2.33. The zero-order valence-electron chi connectivity index (χ0n) is 13.8. The molecule has 0 spiro atoms. The fraction of sp³-hybridized carbons (Fsp3) is 0.632. The molecular weight excluding hydrogens is 288 g/mol. The Hall–Kier alpha value is -1.55. The normalized spacial score (nSPS) is 26.3. The molecular formula is C19H28N2O2. The van der Waals surface area contributed by atoms with E-state index in [0.29, 0.717) is 5.92 Å². The van der Waals surface area contributed by atoms with Gasteiger partial charge < -0.3 is 15.3 Å². The molecule has 1 aliphatic heterocycles. The Morgan fingerprint density at radius 3 is 2.52 bits per heavy atom. The van der Waals surface area contributed by atoms with Crippen molar-refractivity contribution < 1.29 is 9.90 Å². The smallest absolute Gasteiger partial charge is 0.404 e. The first kappa shape index (κ1) is 16.3. The number of rotatable bonds is 5. The molecule has 1 heterocycles. The van der Waals surface area contributed by atoms with Crippen molar-refractivity contribution in [2.24, 2.45) is 11.8 Å². The van der Waals surface area contributed by atoms with Crippen LogP contribution in [0.15, 0.2) is 30.3 Å². The van der Waals surface area contributed by atoms with E-state index in [1.165, 1.54) is 37.9 Å². The quantitative estimate of drug-likeness (QED) is 0.875. The first-order chi connectivity index (χ1) is 11.2. The number of amides is 1. The molecule has 4 heteroatoms. The molecule has 1 aromatic carbocycles. The lowest BCUT2D eigenvalue weighted by Crippen LogP contribution is -2.38. The van der Waals surface area contributed by atoms with Crippen LogP contribution in [0, 0.1) is 11.8 Å². The summed E-state index contributed by atoms with van der Waals surface area (Å²) in [5.41, 5.74) is 1.46. The van der Waals surface area contributed by atoms with E-state index >= 15 is 0 Å². The van der Waals surface area contributed by atoms with Crippen LogP contribution in [0.25, 0.3) is 0 Å². The van der Waals surface area contributed by atoms with Gasteiger partial charge in [0.15, 0.2) is 0 Å². The Morgan fingerprint density at radius 1 is 1.09 bits per heavy atom. The molecule has 1 aromatic rings. The standard InChI is InChI=1S/C19H28N2O2/c22-19(23)20-18-7-6-17(13-18)14-21-10-8-16(9-11-21)12-15-4-2-1-3-5-15/h1-5,16-18,20H,6-14H2,(H,22,23)/t17-,18+/m0/s1. The highest BCUT2D eigenvalue weighted by Crippen LogP contribution is 2.28. The van der Waals surface area contributed by atoms with Gasteiger partial charge in [-0.3, -0.25) is 0 Å². The van der Waals surface area contributed by atoms with Gasteiger partial charge in [-0.2, -0.15) is 0 Å². The van der Waals surface area contributed by atoms with Crippen LogP contribution in [0.4, 0.5) is 4.79 Å². The van der Waals surface area contributed by atoms with E-state index in [4.69, 9.17) is 5.11 Å². The third kappa shape index (κ3) is 4.96. The molecule has 1 saturated heterocycles. The van der Waals surface area contributed by atoms with Crippen molar-refractivity contribution in [3.63, 3.8) is 0 Å². The second-order valence-corrected chi connectivity index (χ2v) is 7.26. The van der Waals surface area contributed by atoms with Crippen LogP contribution in [-0.4, -0.2) is 41.8 Å². The van der Waals surface area contributed by atoms with Gasteiger partial charge in [0.05, 0.1) is 0 Å². The summed E-state index contributed by atoms with van der Waals surface area (Å²) in [7, 11) is 0. The zero-order chi connectivity index (χ0) is 16.1. The number of benzene rings is 1. The van der Waals surface area contributed by atoms with E-state index in [1.54, 1.807) is 0 Å². The summed E-state index contributed by atoms with van der Waals surface area (Å²) >= 11 is 0. The summed E-state index contributed by atoms with van der Waals surface area (Å²) in [6.45, 7) is 3.55. The molecule has 2 aliphatic rings. The molecule has 0 bridgehead atoms. The van der Waals surface area contributed by atoms with Crippen LogP contribution >= 0.6 is 0 Å². The molecule has 126 valence electrons. The number of nitrogens with zero attached hydrogens (tertiary/aromatic N) is 1. The van der Waals surface area contributed by atoms with Gasteiger partial charge in [0.25, 0.3) is 0 Å². The highest BCUT2D eigenvalue weighted by Gasteiger charge is 2.28. The fourth-order valence-corrected chi connectivity index (χ4v) is 4.23. The van der Waals surface area contributed by atoms with Crippen molar-refractivity contribution in [3.8, 4) is 0 Å². The van der Waals surface area contributed by atoms with Crippen LogP contribution in [0.2, 0.25) is 0 Å². The monoisotopic (exact) mass is 316 g/mol. The third-order valence-corrected chi connectivity index (χ3v) is 5.46. The molecule has 2 atom stereocenters. The van der Waals surface area contributed by atoms with Crippen molar-refractivity contribution in [3.05, 3.63) is 35.9 Å². The first-order valence-corrected chi connectivity index (χ1v) is 8.95. The topological polar surface area (TPSA) is 52.6 Å². The van der Waals surface area contributed by atoms with Gasteiger partial charge in [0.1, 0.15) is 0 Å². The number of hydrogen-bond acceptors (Lipinski definition) is 2. The maximum absolute atomic E-state index is 10.7. The number of carboxylic acid groups (broad SMARTS) is 1. The third-order valence-electron chi connectivity index (χ3n) is 5.46. The molecule has 2 N–H and O–H groups in total. The number of carbonyl (C=O) groups is 1. The summed E-state index contributed by atoms with van der Waals surface area (Å²) in [6, 6.07) is 11.0. The summed E-state index contributed by atoms with van der Waals surface area (Å²) in [5, 5.41) is 11.5. The maximum atomic E-state index is 10.7. The highest BCUT2D eigenvalue weighted by molar-refractivity contribution is 5.64. The van der Waals surface area contributed by atoms with Gasteiger partial charge in [0, 0.05) is 12.6 Å². The van der Waals surface area contributed by atoms with Crippen molar-refractivity contribution in [1.29, 1.82) is 0 Å². The van der Waals surface area contributed by atoms with Gasteiger partial charge in [-0.15, -0.1) is 0 Å². The highest BCUT2D eigenvalue weighted by atomic mass is 16.4. The minimum absolute atomic E-state index is 0.174. The Morgan fingerprint density at radius 2 is 1.83 bits per heavy atom. The zero-order valence-corrected chi connectivity index (χ0v) is 13.8. The Balaban J connectivity index is 1.37. The number of likely N-dealkylation sites (tertiary alicyclic amines) is 1. The van der Waals surface area contributed by atoms with Crippen LogP contribution < -0.4 is 5.32 Å². The molecule has 3 rings (SSSR count). The predicted octanol–water partition coefficient (Wildman–Crippen LogP) is 3.38. The van der Waals surface area contributed by atoms with Gasteiger partial charge in [-0.1, -0.05) is 30.3 Å². The Labute approximate surface area is 138 Å². The molecule has 0 radical (unpaired) electrons. The Bertz CT molecular complexity index is 497. The second-order valence-electron chi connectivity index (χ2n) is 7.26. The van der Waals surface area contributed by atoms with Crippen LogP contribution in [0.5, 0.6) is 0 Å². The summed E-state index contributed by atoms with van der Waals surface area (Å²) in [5.74, 6) is 1.48. The van der Waals surface area contributed by atoms with Crippen molar-refractivity contribution in [1.82, 2.24) is 10.2 Å². The van der Waals surface area contributed by atoms with E-state index in [0.717, 1.165) is 31.7 Å². The van der Waals surface area contributed by atoms with E-state index in [2.05, 4.69) is 40.5 Å². The van der Waals surface area contributed by atoms with Crippen LogP contribution in [-0.2, 0) is 6.42 Å². The van der Waals surface area contributed by atoms with Gasteiger partial charge in [-0.05, 0) is 69.0 Å². The lowest BCUT2D eigenvalue weighted by atomic mass is 9.90. The van der Waals surface area contributed by atoms with Crippen molar-refractivity contribution in [2.45, 2.75) is 44.6 Å². The molecule has 1 amide bonds. The van der Waals surface area contributed by atoms with Gasteiger partial charge in [-0.25, -0.2) is 4.79 Å². The SMILES string of the molecule is O=C(O)N[C@@H]1CC[C@H](CN2CCC(Cc3ccccc3)CC2)C1. The second kappa shape index (κ2) is 7.82. The molecule has 1 aliphatic carbocycles. The fourth-order valence-electron chi connectivity index (χ4n) is 4.23. The number of piperidine rings is 1.